The molecule has 0 spiro atoms. The Balaban J connectivity index is 2.84. The van der Waals surface area contributed by atoms with Crippen LogP contribution < -0.4 is 5.32 Å². The van der Waals surface area contributed by atoms with Crippen LogP contribution >= 0.6 is 0 Å². The van der Waals surface area contributed by atoms with Gasteiger partial charge in [-0.2, -0.15) is 0 Å². The van der Waals surface area contributed by atoms with E-state index in [2.05, 4.69) is 5.32 Å². The van der Waals surface area contributed by atoms with E-state index in [0.717, 1.165) is 17.7 Å². The summed E-state index contributed by atoms with van der Waals surface area (Å²) in [5.41, 5.74) is 1.15. The molecule has 1 N–H and O–H groups in total. The molecule has 0 heterocycles. The summed E-state index contributed by atoms with van der Waals surface area (Å²) < 4.78 is 13.1. The number of nitrogens with one attached hydrogen (secondary N) is 1. The van der Waals surface area contributed by atoms with Gasteiger partial charge in [-0.15, -0.1) is 0 Å². The minimum atomic E-state index is -0.562. The Kier molecular flexibility index (Phi) is 4.40. The Labute approximate surface area is 102 Å². The average molecular weight is 237 g/mol. The molecule has 0 amide bonds. The van der Waals surface area contributed by atoms with Crippen molar-refractivity contribution in [2.45, 2.75) is 39.7 Å². The number of aryl methyl sites for hydroxylation is 1. The fourth-order valence-electron chi connectivity index (χ4n) is 1.76. The van der Waals surface area contributed by atoms with Gasteiger partial charge in [0, 0.05) is 6.42 Å². The predicted molar refractivity (Wildman–Crippen MR) is 67.6 cm³/mol. The lowest BCUT2D eigenvalue weighted by molar-refractivity contribution is -0.123. The molecule has 1 aromatic carbocycles. The molecule has 1 rings (SSSR count). The second kappa shape index (κ2) is 5.41. The molecule has 0 unspecified atom stereocenters. The van der Waals surface area contributed by atoms with Gasteiger partial charge in [0.1, 0.15) is 5.82 Å². The van der Waals surface area contributed by atoms with E-state index in [0.29, 0.717) is 0 Å². The summed E-state index contributed by atoms with van der Waals surface area (Å²) in [5.74, 6) is -0.215. The maximum Gasteiger partial charge on any atom is 0.156 e. The van der Waals surface area contributed by atoms with Crippen LogP contribution in [-0.2, 0) is 11.2 Å². The number of rotatable bonds is 5. The van der Waals surface area contributed by atoms with Gasteiger partial charge in [-0.3, -0.25) is 4.79 Å². The molecule has 0 fully saturated rings. The maximum absolute atomic E-state index is 13.1. The summed E-state index contributed by atoms with van der Waals surface area (Å²) in [6.45, 7) is 8.30. The third-order valence-electron chi connectivity index (χ3n) is 2.98. The van der Waals surface area contributed by atoms with Crippen molar-refractivity contribution in [3.8, 4) is 0 Å². The van der Waals surface area contributed by atoms with Crippen molar-refractivity contribution < 1.29 is 9.18 Å². The first-order chi connectivity index (χ1) is 7.86. The van der Waals surface area contributed by atoms with Crippen molar-refractivity contribution in [2.75, 3.05) is 6.54 Å². The van der Waals surface area contributed by atoms with Crippen LogP contribution in [-0.4, -0.2) is 17.9 Å². The largest absolute Gasteiger partial charge is 0.306 e. The summed E-state index contributed by atoms with van der Waals surface area (Å²) >= 11 is 0. The van der Waals surface area contributed by atoms with E-state index in [4.69, 9.17) is 0 Å². The summed E-state index contributed by atoms with van der Waals surface area (Å²) in [4.78, 5) is 12.1. The minimum Gasteiger partial charge on any atom is -0.306 e. The van der Waals surface area contributed by atoms with E-state index in [9.17, 15) is 9.18 Å². The molecule has 0 aliphatic rings. The molecular formula is C14H20FNO. The van der Waals surface area contributed by atoms with Gasteiger partial charge >= 0.3 is 0 Å². The molecule has 0 bridgehead atoms. The third-order valence-corrected chi connectivity index (χ3v) is 2.98. The number of ketones is 1. The summed E-state index contributed by atoms with van der Waals surface area (Å²) in [6.07, 6.45) is 0.267. The lowest BCUT2D eigenvalue weighted by Gasteiger charge is -2.24. The van der Waals surface area contributed by atoms with Crippen molar-refractivity contribution in [1.29, 1.82) is 0 Å². The second-order valence-corrected chi connectivity index (χ2v) is 4.83. The zero-order valence-corrected chi connectivity index (χ0v) is 10.9. The molecule has 0 saturated heterocycles. The Morgan fingerprint density at radius 3 is 2.65 bits per heavy atom. The van der Waals surface area contributed by atoms with Gasteiger partial charge in [0.2, 0.25) is 0 Å². The smallest absolute Gasteiger partial charge is 0.156 e. The van der Waals surface area contributed by atoms with Gasteiger partial charge in [-0.05, 0) is 50.6 Å². The number of carbonyl (C=O) groups is 1. The van der Waals surface area contributed by atoms with Crippen LogP contribution in [0.2, 0.25) is 0 Å². The van der Waals surface area contributed by atoms with Gasteiger partial charge < -0.3 is 5.32 Å². The van der Waals surface area contributed by atoms with Gasteiger partial charge in [0.15, 0.2) is 5.78 Å². The first kappa shape index (κ1) is 13.8. The van der Waals surface area contributed by atoms with Crippen molar-refractivity contribution in [3.05, 3.63) is 35.1 Å². The molecule has 2 nitrogen and oxygen atoms in total. The molecule has 0 saturated carbocycles. The average Bonchev–Trinajstić information content (AvgIpc) is 2.23. The predicted octanol–water partition coefficient (Wildman–Crippen LogP) is 2.63. The normalized spacial score (nSPS) is 11.6. The number of halogens is 1. The minimum absolute atomic E-state index is 0.0769. The van der Waals surface area contributed by atoms with Crippen LogP contribution in [0.3, 0.4) is 0 Å². The van der Waals surface area contributed by atoms with Gasteiger partial charge in [0.25, 0.3) is 0 Å². The third kappa shape index (κ3) is 3.63. The van der Waals surface area contributed by atoms with E-state index in [1.54, 1.807) is 6.07 Å². The highest BCUT2D eigenvalue weighted by Gasteiger charge is 2.26. The molecule has 94 valence electrons. The molecule has 0 aliphatic heterocycles. The fraction of sp³-hybridized carbons (Fsp3) is 0.500. The number of benzene rings is 1. The lowest BCUT2D eigenvalue weighted by Crippen LogP contribution is -2.47. The highest BCUT2D eigenvalue weighted by Crippen LogP contribution is 2.15. The molecule has 1 aromatic rings. The lowest BCUT2D eigenvalue weighted by atomic mass is 9.92. The van der Waals surface area contributed by atoms with Crippen molar-refractivity contribution in [2.24, 2.45) is 0 Å². The molecule has 0 aromatic heterocycles. The number of likely N-dealkylation sites (N-methyl/N-ethyl adjacent to an activating group) is 1. The van der Waals surface area contributed by atoms with Crippen LogP contribution in [0.5, 0.6) is 0 Å². The van der Waals surface area contributed by atoms with Crippen molar-refractivity contribution in [1.82, 2.24) is 5.32 Å². The summed E-state index contributed by atoms with van der Waals surface area (Å²) in [5, 5.41) is 3.13. The zero-order valence-electron chi connectivity index (χ0n) is 10.9. The van der Waals surface area contributed by atoms with Crippen LogP contribution in [0, 0.1) is 12.7 Å². The summed E-state index contributed by atoms with van der Waals surface area (Å²) in [6, 6.07) is 4.56. The van der Waals surface area contributed by atoms with Crippen LogP contribution in [0.25, 0.3) is 0 Å². The zero-order chi connectivity index (χ0) is 13.1. The van der Waals surface area contributed by atoms with Gasteiger partial charge in [-0.1, -0.05) is 13.0 Å². The maximum atomic E-state index is 13.1. The van der Waals surface area contributed by atoms with Crippen molar-refractivity contribution in [3.63, 3.8) is 0 Å². The van der Waals surface area contributed by atoms with Gasteiger partial charge in [-0.25, -0.2) is 4.39 Å². The number of Topliss-reactive ketones (excluding diaryl/α,β-unsaturated/α-hetero) is 1. The quantitative estimate of drug-likeness (QED) is 0.853. The van der Waals surface area contributed by atoms with E-state index < -0.39 is 5.54 Å². The first-order valence-electron chi connectivity index (χ1n) is 5.90. The van der Waals surface area contributed by atoms with E-state index in [-0.39, 0.29) is 18.0 Å². The molecule has 0 atom stereocenters. The Bertz CT molecular complexity index is 413. The topological polar surface area (TPSA) is 29.1 Å². The second-order valence-electron chi connectivity index (χ2n) is 4.83. The Morgan fingerprint density at radius 2 is 2.06 bits per heavy atom. The molecule has 17 heavy (non-hydrogen) atoms. The molecule has 0 aliphatic carbocycles. The number of hydrogen-bond acceptors (Lipinski definition) is 2. The highest BCUT2D eigenvalue weighted by atomic mass is 19.1. The number of carbonyl (C=O) groups excluding carboxylic acids is 1. The molecular weight excluding hydrogens is 217 g/mol. The Hall–Kier alpha value is -1.22. The van der Waals surface area contributed by atoms with Crippen LogP contribution in [0.15, 0.2) is 18.2 Å². The van der Waals surface area contributed by atoms with E-state index >= 15 is 0 Å². The highest BCUT2D eigenvalue weighted by molar-refractivity contribution is 5.89. The fourth-order valence-corrected chi connectivity index (χ4v) is 1.76. The number of hydrogen-bond donors (Lipinski definition) is 1. The van der Waals surface area contributed by atoms with Crippen LogP contribution in [0.1, 0.15) is 31.9 Å². The van der Waals surface area contributed by atoms with Crippen molar-refractivity contribution >= 4 is 5.78 Å². The first-order valence-corrected chi connectivity index (χ1v) is 5.90. The molecule has 0 radical (unpaired) electrons. The van der Waals surface area contributed by atoms with Crippen LogP contribution in [0.4, 0.5) is 4.39 Å². The summed E-state index contributed by atoms with van der Waals surface area (Å²) in [7, 11) is 0. The standard InChI is InChI=1S/C14H20FNO/c1-5-16-14(3,4)13(17)9-11-8-12(15)7-6-10(11)2/h6-8,16H,5,9H2,1-4H3. The SMILES string of the molecule is CCNC(C)(C)C(=O)Cc1cc(F)ccc1C. The Morgan fingerprint density at radius 1 is 1.41 bits per heavy atom. The van der Waals surface area contributed by atoms with E-state index in [1.165, 1.54) is 12.1 Å². The monoisotopic (exact) mass is 237 g/mol. The molecule has 3 heteroatoms. The van der Waals surface area contributed by atoms with E-state index in [1.807, 2.05) is 27.7 Å². The van der Waals surface area contributed by atoms with Gasteiger partial charge in [0.05, 0.1) is 5.54 Å².